The van der Waals surface area contributed by atoms with Crippen molar-refractivity contribution in [1.82, 2.24) is 9.88 Å². The van der Waals surface area contributed by atoms with Gasteiger partial charge in [-0.1, -0.05) is 0 Å². The summed E-state index contributed by atoms with van der Waals surface area (Å²) >= 11 is 0. The molecule has 6 nitrogen and oxygen atoms in total. The summed E-state index contributed by atoms with van der Waals surface area (Å²) in [6.45, 7) is 2.72. The number of piperidine rings is 1. The highest BCUT2D eigenvalue weighted by atomic mass is 16.4. The number of hydrogen-bond acceptors (Lipinski definition) is 4. The number of amides is 1. The summed E-state index contributed by atoms with van der Waals surface area (Å²) in [4.78, 5) is 29.3. The Morgan fingerprint density at radius 1 is 1.25 bits per heavy atom. The van der Waals surface area contributed by atoms with Crippen LogP contribution in [0.1, 0.15) is 53.7 Å². The predicted octanol–water partition coefficient (Wildman–Crippen LogP) is 1.80. The Morgan fingerprint density at radius 2 is 1.90 bits per heavy atom. The van der Waals surface area contributed by atoms with E-state index in [0.29, 0.717) is 49.2 Å². The van der Waals surface area contributed by atoms with Crippen LogP contribution in [-0.2, 0) is 4.79 Å². The molecule has 6 heteroatoms. The summed E-state index contributed by atoms with van der Waals surface area (Å²) in [5, 5.41) is 8.96. The first-order chi connectivity index (χ1) is 9.56. The Morgan fingerprint density at radius 3 is 2.45 bits per heavy atom. The lowest BCUT2D eigenvalue weighted by atomic mass is 9.97. The molecular formula is C14H18N2O4. The van der Waals surface area contributed by atoms with Gasteiger partial charge < -0.3 is 14.4 Å². The number of carbonyl (C=O) groups is 2. The molecule has 0 aromatic carbocycles. The molecule has 2 fully saturated rings. The van der Waals surface area contributed by atoms with Crippen LogP contribution in [0, 0.1) is 12.8 Å². The van der Waals surface area contributed by atoms with Crippen molar-refractivity contribution in [3.63, 3.8) is 0 Å². The highest BCUT2D eigenvalue weighted by Crippen LogP contribution is 2.40. The number of aryl methyl sites for hydroxylation is 1. The molecule has 1 N–H and O–H groups in total. The van der Waals surface area contributed by atoms with Gasteiger partial charge in [-0.15, -0.1) is 0 Å². The number of hydrogen-bond donors (Lipinski definition) is 1. The normalized spacial score (nSPS) is 20.1. The first-order valence-corrected chi connectivity index (χ1v) is 7.05. The number of aliphatic carboxylic acids is 1. The van der Waals surface area contributed by atoms with Gasteiger partial charge >= 0.3 is 5.97 Å². The lowest BCUT2D eigenvalue weighted by Gasteiger charge is -2.29. The highest BCUT2D eigenvalue weighted by Gasteiger charge is 2.33. The van der Waals surface area contributed by atoms with Crippen LogP contribution < -0.4 is 0 Å². The van der Waals surface area contributed by atoms with Crippen molar-refractivity contribution in [2.24, 2.45) is 5.92 Å². The highest BCUT2D eigenvalue weighted by molar-refractivity contribution is 5.92. The molecule has 2 aliphatic rings. The number of carbonyl (C=O) groups excluding carboxylic acids is 1. The van der Waals surface area contributed by atoms with Gasteiger partial charge in [0.25, 0.3) is 5.91 Å². The van der Waals surface area contributed by atoms with Crippen LogP contribution in [0.3, 0.4) is 0 Å². The first kappa shape index (κ1) is 13.1. The fourth-order valence-electron chi connectivity index (χ4n) is 2.59. The van der Waals surface area contributed by atoms with Crippen LogP contribution in [0.2, 0.25) is 0 Å². The zero-order chi connectivity index (χ0) is 14.3. The Bertz CT molecular complexity index is 539. The number of likely N-dealkylation sites (tertiary alicyclic amines) is 1. The SMILES string of the molecule is Cc1nc(C2CC2)oc1C(=O)N1CCC(C(=O)O)CC1. The quantitative estimate of drug-likeness (QED) is 0.911. The molecule has 3 rings (SSSR count). The van der Waals surface area contributed by atoms with E-state index in [1.807, 2.05) is 0 Å². The van der Waals surface area contributed by atoms with Crippen LogP contribution >= 0.6 is 0 Å². The fraction of sp³-hybridized carbons (Fsp3) is 0.643. The molecule has 0 spiro atoms. The van der Waals surface area contributed by atoms with Crippen LogP contribution in [0.15, 0.2) is 4.42 Å². The second-order valence-corrected chi connectivity index (χ2v) is 5.65. The van der Waals surface area contributed by atoms with Gasteiger partial charge in [-0.2, -0.15) is 0 Å². The fourth-order valence-corrected chi connectivity index (χ4v) is 2.59. The van der Waals surface area contributed by atoms with E-state index in [2.05, 4.69) is 4.98 Å². The third-order valence-electron chi connectivity index (χ3n) is 4.07. The Kier molecular flexibility index (Phi) is 3.23. The van der Waals surface area contributed by atoms with Crippen LogP contribution in [0.5, 0.6) is 0 Å². The summed E-state index contributed by atoms with van der Waals surface area (Å²) in [6.07, 6.45) is 3.17. The van der Waals surface area contributed by atoms with Crippen molar-refractivity contribution in [3.05, 3.63) is 17.3 Å². The van der Waals surface area contributed by atoms with E-state index >= 15 is 0 Å². The molecule has 1 aliphatic carbocycles. The van der Waals surface area contributed by atoms with Gasteiger partial charge in [-0.3, -0.25) is 9.59 Å². The Hall–Kier alpha value is -1.85. The van der Waals surface area contributed by atoms with E-state index in [0.717, 1.165) is 12.8 Å². The second kappa shape index (κ2) is 4.92. The lowest BCUT2D eigenvalue weighted by molar-refractivity contribution is -0.143. The van der Waals surface area contributed by atoms with Crippen LogP contribution in [-0.4, -0.2) is 40.0 Å². The van der Waals surface area contributed by atoms with Crippen molar-refractivity contribution in [2.75, 3.05) is 13.1 Å². The molecule has 1 aromatic heterocycles. The molecule has 0 radical (unpaired) electrons. The minimum atomic E-state index is -0.774. The van der Waals surface area contributed by atoms with E-state index in [1.165, 1.54) is 0 Å². The van der Waals surface area contributed by atoms with E-state index < -0.39 is 5.97 Å². The molecule has 1 saturated carbocycles. The van der Waals surface area contributed by atoms with Gasteiger partial charge in [0, 0.05) is 19.0 Å². The number of aromatic nitrogens is 1. The summed E-state index contributed by atoms with van der Waals surface area (Å²) in [5.41, 5.74) is 0.636. The predicted molar refractivity (Wildman–Crippen MR) is 69.5 cm³/mol. The molecule has 0 bridgehead atoms. The van der Waals surface area contributed by atoms with Crippen molar-refractivity contribution in [3.8, 4) is 0 Å². The monoisotopic (exact) mass is 278 g/mol. The molecule has 1 saturated heterocycles. The molecule has 1 aliphatic heterocycles. The third-order valence-corrected chi connectivity index (χ3v) is 4.07. The average molecular weight is 278 g/mol. The van der Waals surface area contributed by atoms with Crippen LogP contribution in [0.25, 0.3) is 0 Å². The van der Waals surface area contributed by atoms with Gasteiger partial charge in [0.2, 0.25) is 5.76 Å². The maximum absolute atomic E-state index is 12.4. The molecule has 1 aromatic rings. The third kappa shape index (κ3) is 2.42. The van der Waals surface area contributed by atoms with Crippen molar-refractivity contribution in [1.29, 1.82) is 0 Å². The second-order valence-electron chi connectivity index (χ2n) is 5.65. The van der Waals surface area contributed by atoms with Crippen molar-refractivity contribution in [2.45, 2.75) is 38.5 Å². The minimum absolute atomic E-state index is 0.161. The van der Waals surface area contributed by atoms with E-state index in [1.54, 1.807) is 11.8 Å². The Labute approximate surface area is 116 Å². The molecule has 108 valence electrons. The van der Waals surface area contributed by atoms with Crippen LogP contribution in [0.4, 0.5) is 0 Å². The molecule has 0 unspecified atom stereocenters. The number of carboxylic acid groups (broad SMARTS) is 1. The molecule has 0 atom stereocenters. The zero-order valence-corrected chi connectivity index (χ0v) is 11.5. The van der Waals surface area contributed by atoms with Gasteiger partial charge in [0.15, 0.2) is 5.89 Å². The number of carboxylic acids is 1. The standard InChI is InChI=1S/C14H18N2O4/c1-8-11(20-12(15-8)9-2-3-9)13(17)16-6-4-10(5-7-16)14(18)19/h9-10H,2-7H2,1H3,(H,18,19). The van der Waals surface area contributed by atoms with Gasteiger partial charge in [-0.25, -0.2) is 4.98 Å². The molecule has 1 amide bonds. The van der Waals surface area contributed by atoms with Gasteiger partial charge in [0.05, 0.1) is 11.6 Å². The summed E-state index contributed by atoms with van der Waals surface area (Å²) in [5.74, 6) is 0.103. The van der Waals surface area contributed by atoms with E-state index in [9.17, 15) is 9.59 Å². The van der Waals surface area contributed by atoms with Crippen molar-refractivity contribution >= 4 is 11.9 Å². The average Bonchev–Trinajstić information content (AvgIpc) is 3.21. The summed E-state index contributed by atoms with van der Waals surface area (Å²) < 4.78 is 5.61. The zero-order valence-electron chi connectivity index (χ0n) is 11.5. The lowest BCUT2D eigenvalue weighted by Crippen LogP contribution is -2.40. The molecule has 2 heterocycles. The largest absolute Gasteiger partial charge is 0.481 e. The number of nitrogens with zero attached hydrogens (tertiary/aromatic N) is 2. The minimum Gasteiger partial charge on any atom is -0.481 e. The van der Waals surface area contributed by atoms with Crippen molar-refractivity contribution < 1.29 is 19.1 Å². The Balaban J connectivity index is 1.68. The maximum Gasteiger partial charge on any atom is 0.306 e. The van der Waals surface area contributed by atoms with Gasteiger partial charge in [0.1, 0.15) is 0 Å². The topological polar surface area (TPSA) is 83.6 Å². The van der Waals surface area contributed by atoms with E-state index in [-0.39, 0.29) is 11.8 Å². The van der Waals surface area contributed by atoms with Gasteiger partial charge in [-0.05, 0) is 32.6 Å². The summed E-state index contributed by atoms with van der Waals surface area (Å²) in [6, 6.07) is 0. The first-order valence-electron chi connectivity index (χ1n) is 7.05. The molecule has 20 heavy (non-hydrogen) atoms. The maximum atomic E-state index is 12.4. The molecular weight excluding hydrogens is 260 g/mol. The number of oxazole rings is 1. The number of rotatable bonds is 3. The van der Waals surface area contributed by atoms with E-state index in [4.69, 9.17) is 9.52 Å². The summed E-state index contributed by atoms with van der Waals surface area (Å²) in [7, 11) is 0. The smallest absolute Gasteiger partial charge is 0.306 e.